The third-order valence-electron chi connectivity index (χ3n) is 6.41. The molecule has 1 aliphatic heterocycles. The minimum Gasteiger partial charge on any atom is -0.481 e. The molecule has 1 aromatic rings. The molecule has 1 aromatic carbocycles. The van der Waals surface area contributed by atoms with Crippen LogP contribution in [0.4, 0.5) is 13.2 Å². The number of hydrogen-bond donors (Lipinski definition) is 1. The van der Waals surface area contributed by atoms with Crippen LogP contribution in [-0.4, -0.2) is 53.4 Å². The number of esters is 1. The average molecular weight is 543 g/mol. The molecule has 0 saturated heterocycles. The summed E-state index contributed by atoms with van der Waals surface area (Å²) in [5, 5.41) is 8.66. The second kappa shape index (κ2) is 9.10. The molecule has 1 N–H and O–H groups in total. The molecule has 3 aliphatic rings. The Morgan fingerprint density at radius 1 is 1.08 bits per heavy atom. The predicted octanol–water partition coefficient (Wildman–Crippen LogP) is 3.05. The molecule has 0 radical (unpaired) electrons. The fourth-order valence-electron chi connectivity index (χ4n) is 4.48. The number of benzene rings is 1. The molecule has 0 spiro atoms. The van der Waals surface area contributed by atoms with Gasteiger partial charge in [0.25, 0.3) is 11.8 Å². The van der Waals surface area contributed by atoms with Gasteiger partial charge in [0.15, 0.2) is 0 Å². The van der Waals surface area contributed by atoms with Gasteiger partial charge in [-0.2, -0.15) is 21.6 Å². The van der Waals surface area contributed by atoms with Crippen molar-refractivity contribution in [3.05, 3.63) is 47.0 Å². The molecule has 37 heavy (non-hydrogen) atoms. The van der Waals surface area contributed by atoms with E-state index in [4.69, 9.17) is 9.84 Å². The molecule has 1 atom stereocenters. The third kappa shape index (κ3) is 4.90. The van der Waals surface area contributed by atoms with Crippen LogP contribution >= 0.6 is 0 Å². The van der Waals surface area contributed by atoms with Crippen molar-refractivity contribution in [2.24, 2.45) is 11.8 Å². The number of carbonyl (C=O) groups is 4. The first-order valence-electron chi connectivity index (χ1n) is 11.0. The number of ether oxygens (including phenoxy) is 1. The van der Waals surface area contributed by atoms with Gasteiger partial charge in [0.2, 0.25) is 0 Å². The quantitative estimate of drug-likeness (QED) is 0.337. The van der Waals surface area contributed by atoms with Gasteiger partial charge in [-0.25, -0.2) is 0 Å². The zero-order valence-electron chi connectivity index (χ0n) is 19.1. The van der Waals surface area contributed by atoms with Crippen LogP contribution < -0.4 is 0 Å². The number of hydrogen-bond acceptors (Lipinski definition) is 8. The maximum absolute atomic E-state index is 13.1. The highest BCUT2D eigenvalue weighted by atomic mass is 32.2. The number of carbonyl (C=O) groups excluding carboxylic acids is 3. The lowest BCUT2D eigenvalue weighted by atomic mass is 9.82. The number of imide groups is 1. The van der Waals surface area contributed by atoms with Gasteiger partial charge in [-0.05, 0) is 56.4 Å². The summed E-state index contributed by atoms with van der Waals surface area (Å²) in [6.45, 7) is 1.39. The zero-order valence-corrected chi connectivity index (χ0v) is 20.0. The van der Waals surface area contributed by atoms with E-state index in [9.17, 15) is 40.8 Å². The number of alkyl halides is 3. The molecule has 198 valence electrons. The second-order valence-electron chi connectivity index (χ2n) is 9.03. The first kappa shape index (κ1) is 26.5. The second-order valence-corrected chi connectivity index (χ2v) is 10.6. The first-order valence-corrected chi connectivity index (χ1v) is 12.4. The van der Waals surface area contributed by atoms with Crippen LogP contribution in [0.15, 0.2) is 30.4 Å². The van der Waals surface area contributed by atoms with E-state index in [1.807, 2.05) is 0 Å². The van der Waals surface area contributed by atoms with Crippen LogP contribution in [-0.2, 0) is 33.5 Å². The van der Waals surface area contributed by atoms with Gasteiger partial charge in [0.1, 0.15) is 5.60 Å². The summed E-state index contributed by atoms with van der Waals surface area (Å²) in [7, 11) is -6.36. The fraction of sp³-hybridized carbons (Fsp3) is 0.391. The van der Waals surface area contributed by atoms with E-state index in [1.165, 1.54) is 37.3 Å². The summed E-state index contributed by atoms with van der Waals surface area (Å²) in [4.78, 5) is 49.9. The Kier molecular flexibility index (Phi) is 6.53. The Balaban J connectivity index is 1.68. The fourth-order valence-corrected chi connectivity index (χ4v) is 4.89. The van der Waals surface area contributed by atoms with Crippen LogP contribution in [0.2, 0.25) is 0 Å². The Morgan fingerprint density at radius 2 is 1.70 bits per heavy atom. The van der Waals surface area contributed by atoms with Gasteiger partial charge >= 0.3 is 27.6 Å². The lowest BCUT2D eigenvalue weighted by molar-refractivity contribution is -0.158. The average Bonchev–Trinajstić information content (AvgIpc) is 2.97. The molecule has 1 heterocycles. The van der Waals surface area contributed by atoms with Gasteiger partial charge in [-0.3, -0.25) is 19.2 Å². The standard InChI is InChI=1S/C23H20F3NO9S/c1-22(35-21(32)14-7-5-13(6-8-14)20(30)31)10-9-12-3-2-4-15-17(12)16(11-22)19(29)27(18(15)28)36-37(33,34)23(24,25)26/h2-4,9-11,13-14H,5-8H2,1H3,(H,30,31). The number of aliphatic carboxylic acids is 1. The summed E-state index contributed by atoms with van der Waals surface area (Å²) >= 11 is 0. The number of rotatable bonds is 5. The van der Waals surface area contributed by atoms with E-state index in [-0.39, 0.29) is 36.8 Å². The number of amides is 2. The summed E-state index contributed by atoms with van der Waals surface area (Å²) in [6.07, 6.45) is 5.05. The highest BCUT2D eigenvalue weighted by Crippen LogP contribution is 2.39. The molecule has 1 fully saturated rings. The Bertz CT molecular complexity index is 1360. The lowest BCUT2D eigenvalue weighted by Crippen LogP contribution is -2.45. The Hall–Kier alpha value is -3.52. The number of hydroxylamine groups is 2. The van der Waals surface area contributed by atoms with Gasteiger partial charge in [0, 0.05) is 5.56 Å². The van der Waals surface area contributed by atoms with Gasteiger partial charge in [0.05, 0.1) is 23.0 Å². The van der Waals surface area contributed by atoms with Crippen molar-refractivity contribution < 1.29 is 54.9 Å². The molecule has 0 bridgehead atoms. The third-order valence-corrected chi connectivity index (χ3v) is 7.32. The van der Waals surface area contributed by atoms with Crippen molar-refractivity contribution in [2.75, 3.05) is 0 Å². The summed E-state index contributed by atoms with van der Waals surface area (Å²) in [5.74, 6) is -5.72. The Morgan fingerprint density at radius 3 is 2.30 bits per heavy atom. The summed E-state index contributed by atoms with van der Waals surface area (Å²) < 4.78 is 71.3. The minimum atomic E-state index is -6.36. The molecule has 10 nitrogen and oxygen atoms in total. The Labute approximate surface area is 208 Å². The number of carboxylic acids is 1. The zero-order chi connectivity index (χ0) is 27.3. The highest BCUT2D eigenvalue weighted by Gasteiger charge is 2.52. The van der Waals surface area contributed by atoms with Gasteiger partial charge < -0.3 is 9.84 Å². The lowest BCUT2D eigenvalue weighted by Gasteiger charge is -2.31. The number of carboxylic acid groups (broad SMARTS) is 1. The molecule has 1 saturated carbocycles. The predicted molar refractivity (Wildman–Crippen MR) is 118 cm³/mol. The minimum absolute atomic E-state index is 0.0137. The molecular weight excluding hydrogens is 523 g/mol. The molecule has 2 aliphatic carbocycles. The largest absolute Gasteiger partial charge is 0.525 e. The molecule has 14 heteroatoms. The maximum atomic E-state index is 13.1. The summed E-state index contributed by atoms with van der Waals surface area (Å²) in [5.41, 5.74) is -7.92. The van der Waals surface area contributed by atoms with E-state index >= 15 is 0 Å². The summed E-state index contributed by atoms with van der Waals surface area (Å²) in [6, 6.07) is 4.06. The molecule has 2 amide bonds. The highest BCUT2D eigenvalue weighted by molar-refractivity contribution is 7.87. The van der Waals surface area contributed by atoms with Crippen LogP contribution in [0.3, 0.4) is 0 Å². The van der Waals surface area contributed by atoms with Gasteiger partial charge in [-0.1, -0.05) is 18.2 Å². The molecule has 4 rings (SSSR count). The van der Waals surface area contributed by atoms with E-state index < -0.39 is 67.5 Å². The van der Waals surface area contributed by atoms with Crippen LogP contribution in [0.1, 0.15) is 54.1 Å². The van der Waals surface area contributed by atoms with Crippen LogP contribution in [0, 0.1) is 11.8 Å². The van der Waals surface area contributed by atoms with Crippen LogP contribution in [0.25, 0.3) is 11.6 Å². The number of nitrogens with zero attached hydrogens (tertiary/aromatic N) is 1. The van der Waals surface area contributed by atoms with Crippen LogP contribution in [0.5, 0.6) is 0 Å². The number of halogens is 3. The topological polar surface area (TPSA) is 144 Å². The first-order chi connectivity index (χ1) is 17.1. The van der Waals surface area contributed by atoms with Crippen molar-refractivity contribution in [3.8, 4) is 0 Å². The van der Waals surface area contributed by atoms with Crippen molar-refractivity contribution in [1.29, 1.82) is 0 Å². The normalized spacial score (nSPS) is 25.7. The van der Waals surface area contributed by atoms with Crippen molar-refractivity contribution in [1.82, 2.24) is 5.06 Å². The smallest absolute Gasteiger partial charge is 0.481 e. The van der Waals surface area contributed by atoms with Crippen molar-refractivity contribution >= 4 is 45.5 Å². The molecule has 1 unspecified atom stereocenters. The van der Waals surface area contributed by atoms with E-state index in [2.05, 4.69) is 4.28 Å². The SMILES string of the molecule is CC1(OC(=O)C2CCC(C(=O)O)CC2)C=Cc2cccc3c2C(=C1)C(=O)N(OS(=O)(=O)C(F)(F)F)C3=O. The molecular formula is C23H20F3NO9S. The molecule has 0 aromatic heterocycles. The van der Waals surface area contributed by atoms with E-state index in [0.717, 1.165) is 6.08 Å². The van der Waals surface area contributed by atoms with E-state index in [1.54, 1.807) is 0 Å². The maximum Gasteiger partial charge on any atom is 0.525 e. The van der Waals surface area contributed by atoms with Crippen molar-refractivity contribution in [2.45, 2.75) is 43.7 Å². The van der Waals surface area contributed by atoms with Gasteiger partial charge in [-0.15, -0.1) is 9.35 Å². The van der Waals surface area contributed by atoms with E-state index in [0.29, 0.717) is 5.56 Å². The van der Waals surface area contributed by atoms with Crippen molar-refractivity contribution in [3.63, 3.8) is 0 Å². The monoisotopic (exact) mass is 543 g/mol.